The predicted octanol–water partition coefficient (Wildman–Crippen LogP) is 1.49. The fourth-order valence-electron chi connectivity index (χ4n) is 1.82. The molecule has 1 heterocycles. The third-order valence-electron chi connectivity index (χ3n) is 2.74. The van der Waals surface area contributed by atoms with Crippen LogP contribution in [0.15, 0.2) is 12.7 Å². The first-order valence-corrected chi connectivity index (χ1v) is 5.77. The van der Waals surface area contributed by atoms with Crippen molar-refractivity contribution in [2.24, 2.45) is 0 Å². The van der Waals surface area contributed by atoms with Crippen molar-refractivity contribution in [3.05, 3.63) is 12.7 Å². The van der Waals surface area contributed by atoms with E-state index in [0.29, 0.717) is 6.42 Å². The van der Waals surface area contributed by atoms with Crippen molar-refractivity contribution in [3.63, 3.8) is 0 Å². The predicted molar refractivity (Wildman–Crippen MR) is 63.2 cm³/mol. The molecule has 0 bridgehead atoms. The smallest absolute Gasteiger partial charge is 0.430 e. The van der Waals surface area contributed by atoms with Crippen LogP contribution in [0.25, 0.3) is 0 Å². The first-order valence-electron chi connectivity index (χ1n) is 5.77. The van der Waals surface area contributed by atoms with Crippen LogP contribution in [0.3, 0.4) is 0 Å². The Hall–Kier alpha value is -1.11. The summed E-state index contributed by atoms with van der Waals surface area (Å²) in [5.41, 5.74) is 0. The summed E-state index contributed by atoms with van der Waals surface area (Å²) in [6.45, 7) is 5.35. The second-order valence-electron chi connectivity index (χ2n) is 3.95. The van der Waals surface area contributed by atoms with Crippen LogP contribution in [-0.2, 0) is 23.7 Å². The lowest BCUT2D eigenvalue weighted by molar-refractivity contribution is -0.243. The standard InChI is InChI=1S/C12H20O6/c1-5-6-16-12(13)18-11-8(2)17-10(15-4)7-9(11)14-3/h5,8-11H,1,6-7H2,2-4H3/t8-,9-,10?,11-/m0/s1. The molecule has 1 aliphatic rings. The van der Waals surface area contributed by atoms with Crippen LogP contribution in [0.1, 0.15) is 13.3 Å². The summed E-state index contributed by atoms with van der Waals surface area (Å²) in [4.78, 5) is 11.4. The lowest BCUT2D eigenvalue weighted by atomic mass is 10.0. The third kappa shape index (κ3) is 3.97. The maximum atomic E-state index is 11.4. The van der Waals surface area contributed by atoms with Crippen molar-refractivity contribution in [1.29, 1.82) is 0 Å². The summed E-state index contributed by atoms with van der Waals surface area (Å²) in [7, 11) is 3.12. The molecule has 1 rings (SSSR count). The van der Waals surface area contributed by atoms with Gasteiger partial charge >= 0.3 is 6.16 Å². The van der Waals surface area contributed by atoms with E-state index in [2.05, 4.69) is 6.58 Å². The van der Waals surface area contributed by atoms with Gasteiger partial charge in [0.2, 0.25) is 0 Å². The number of carbonyl (C=O) groups is 1. The molecule has 6 nitrogen and oxygen atoms in total. The van der Waals surface area contributed by atoms with E-state index in [-0.39, 0.29) is 25.1 Å². The van der Waals surface area contributed by atoms with Gasteiger partial charge in [0.1, 0.15) is 12.7 Å². The molecule has 1 aliphatic heterocycles. The molecule has 0 saturated carbocycles. The third-order valence-corrected chi connectivity index (χ3v) is 2.74. The molecule has 0 aromatic rings. The van der Waals surface area contributed by atoms with E-state index in [1.165, 1.54) is 6.08 Å². The Labute approximate surface area is 107 Å². The molecule has 0 aromatic carbocycles. The van der Waals surface area contributed by atoms with Gasteiger partial charge in [-0.2, -0.15) is 0 Å². The van der Waals surface area contributed by atoms with Crippen molar-refractivity contribution in [2.75, 3.05) is 20.8 Å². The monoisotopic (exact) mass is 260 g/mol. The van der Waals surface area contributed by atoms with Crippen LogP contribution < -0.4 is 0 Å². The van der Waals surface area contributed by atoms with Crippen molar-refractivity contribution in [2.45, 2.75) is 37.9 Å². The van der Waals surface area contributed by atoms with Crippen LogP contribution in [0, 0.1) is 0 Å². The van der Waals surface area contributed by atoms with Crippen LogP contribution in [0.2, 0.25) is 0 Å². The topological polar surface area (TPSA) is 63.2 Å². The second kappa shape index (κ2) is 7.35. The minimum absolute atomic E-state index is 0.110. The minimum Gasteiger partial charge on any atom is -0.430 e. The summed E-state index contributed by atoms with van der Waals surface area (Å²) in [6.07, 6.45) is -0.269. The minimum atomic E-state index is -0.756. The zero-order valence-electron chi connectivity index (χ0n) is 11.0. The van der Waals surface area contributed by atoms with Gasteiger partial charge in [0, 0.05) is 20.6 Å². The lowest BCUT2D eigenvalue weighted by Gasteiger charge is -2.38. The van der Waals surface area contributed by atoms with Crippen molar-refractivity contribution in [3.8, 4) is 0 Å². The second-order valence-corrected chi connectivity index (χ2v) is 3.95. The number of carbonyl (C=O) groups excluding carboxylic acids is 1. The average molecular weight is 260 g/mol. The Balaban J connectivity index is 2.56. The Morgan fingerprint density at radius 1 is 1.44 bits per heavy atom. The van der Waals surface area contributed by atoms with E-state index >= 15 is 0 Å². The summed E-state index contributed by atoms with van der Waals surface area (Å²) in [6, 6.07) is 0. The first kappa shape index (κ1) is 14.9. The largest absolute Gasteiger partial charge is 0.509 e. The van der Waals surface area contributed by atoms with Crippen LogP contribution >= 0.6 is 0 Å². The van der Waals surface area contributed by atoms with Gasteiger partial charge in [0.25, 0.3) is 0 Å². The highest BCUT2D eigenvalue weighted by Crippen LogP contribution is 2.25. The summed E-state index contributed by atoms with van der Waals surface area (Å²) in [5.74, 6) is 0. The van der Waals surface area contributed by atoms with E-state index in [0.717, 1.165) is 0 Å². The number of hydrogen-bond acceptors (Lipinski definition) is 6. The molecule has 0 N–H and O–H groups in total. The molecule has 1 unspecified atom stereocenters. The number of hydrogen-bond donors (Lipinski definition) is 0. The van der Waals surface area contributed by atoms with Crippen molar-refractivity contribution in [1.82, 2.24) is 0 Å². The Bertz CT molecular complexity index is 280. The van der Waals surface area contributed by atoms with E-state index in [9.17, 15) is 4.79 Å². The molecule has 18 heavy (non-hydrogen) atoms. The Morgan fingerprint density at radius 3 is 2.72 bits per heavy atom. The fourth-order valence-corrected chi connectivity index (χ4v) is 1.82. The van der Waals surface area contributed by atoms with E-state index < -0.39 is 12.3 Å². The molecular formula is C12H20O6. The molecule has 104 valence electrons. The van der Waals surface area contributed by atoms with Gasteiger partial charge in [-0.25, -0.2) is 4.79 Å². The van der Waals surface area contributed by atoms with Gasteiger partial charge in [0.15, 0.2) is 12.4 Å². The highest BCUT2D eigenvalue weighted by atomic mass is 16.7. The first-order chi connectivity index (χ1) is 8.62. The normalized spacial score (nSPS) is 31.7. The zero-order valence-corrected chi connectivity index (χ0v) is 11.0. The molecule has 1 saturated heterocycles. The van der Waals surface area contributed by atoms with Crippen molar-refractivity contribution < 1.29 is 28.5 Å². The molecule has 0 spiro atoms. The molecule has 0 aliphatic carbocycles. The zero-order chi connectivity index (χ0) is 13.5. The molecular weight excluding hydrogens is 240 g/mol. The van der Waals surface area contributed by atoms with Gasteiger partial charge < -0.3 is 23.7 Å². The lowest BCUT2D eigenvalue weighted by Crippen LogP contribution is -2.50. The van der Waals surface area contributed by atoms with E-state index in [1.807, 2.05) is 0 Å². The SMILES string of the molecule is C=CCOC(=O)O[C@H]1[C@H](C)OC(OC)C[C@@H]1OC. The van der Waals surface area contributed by atoms with Gasteiger partial charge in [-0.05, 0) is 6.92 Å². The van der Waals surface area contributed by atoms with Crippen molar-refractivity contribution >= 4 is 6.16 Å². The Morgan fingerprint density at radius 2 is 2.17 bits per heavy atom. The van der Waals surface area contributed by atoms with Gasteiger partial charge in [-0.1, -0.05) is 12.7 Å². The molecule has 4 atom stereocenters. The quantitative estimate of drug-likeness (QED) is 0.551. The van der Waals surface area contributed by atoms with Gasteiger partial charge in [-0.15, -0.1) is 0 Å². The maximum Gasteiger partial charge on any atom is 0.509 e. The van der Waals surface area contributed by atoms with Gasteiger partial charge in [-0.3, -0.25) is 0 Å². The number of ether oxygens (including phenoxy) is 5. The maximum absolute atomic E-state index is 11.4. The van der Waals surface area contributed by atoms with E-state index in [4.69, 9.17) is 23.7 Å². The van der Waals surface area contributed by atoms with Crippen LogP contribution in [-0.4, -0.2) is 51.6 Å². The number of methoxy groups -OCH3 is 2. The highest BCUT2D eigenvalue weighted by Gasteiger charge is 2.39. The summed E-state index contributed by atoms with van der Waals surface area (Å²) >= 11 is 0. The average Bonchev–Trinajstić information content (AvgIpc) is 2.38. The number of rotatable bonds is 5. The molecule has 6 heteroatoms. The summed E-state index contributed by atoms with van der Waals surface area (Å²) < 4.78 is 25.9. The van der Waals surface area contributed by atoms with Gasteiger partial charge in [0.05, 0.1) is 6.10 Å². The molecule has 0 aromatic heterocycles. The molecule has 0 radical (unpaired) electrons. The molecule has 1 fully saturated rings. The highest BCUT2D eigenvalue weighted by molar-refractivity contribution is 5.60. The fraction of sp³-hybridized carbons (Fsp3) is 0.750. The van der Waals surface area contributed by atoms with Crippen LogP contribution in [0.5, 0.6) is 0 Å². The Kier molecular flexibility index (Phi) is 6.11. The summed E-state index contributed by atoms with van der Waals surface area (Å²) in [5, 5.41) is 0. The molecule has 0 amide bonds. The van der Waals surface area contributed by atoms with E-state index in [1.54, 1.807) is 21.1 Å². The van der Waals surface area contributed by atoms with Crippen LogP contribution in [0.4, 0.5) is 4.79 Å².